The molecule has 1 aliphatic rings. The largest absolute Gasteiger partial charge is 0.507 e. The van der Waals surface area contributed by atoms with E-state index in [0.717, 1.165) is 5.56 Å². The molecule has 6 heteroatoms. The van der Waals surface area contributed by atoms with Gasteiger partial charge in [0.15, 0.2) is 0 Å². The number of phenols is 1. The van der Waals surface area contributed by atoms with Crippen molar-refractivity contribution in [2.45, 2.75) is 19.9 Å². The van der Waals surface area contributed by atoms with E-state index in [1.165, 1.54) is 0 Å². The molecule has 1 fully saturated rings. The minimum Gasteiger partial charge on any atom is -0.507 e. The number of halogens is 2. The van der Waals surface area contributed by atoms with Gasteiger partial charge in [0.25, 0.3) is 0 Å². The second-order valence-corrected chi connectivity index (χ2v) is 5.71. The van der Waals surface area contributed by atoms with E-state index < -0.39 is 6.09 Å². The predicted octanol–water partition coefficient (Wildman–Crippen LogP) is 3.38. The van der Waals surface area contributed by atoms with Crippen molar-refractivity contribution in [3.05, 3.63) is 28.2 Å². The standard InChI is InChI=1S/C12H14BrNO3.ClH/c1-12(2)6-17-11(16)14-10(12)7-3-4-9(15)8(13)5-7;/h3-5,10,15H,6H2,1-2H3,(H,14,16);1H/t10-;/m1./s1. The zero-order valence-corrected chi connectivity index (χ0v) is 12.5. The van der Waals surface area contributed by atoms with Gasteiger partial charge in [-0.2, -0.15) is 0 Å². The highest BCUT2D eigenvalue weighted by Crippen LogP contribution is 2.38. The van der Waals surface area contributed by atoms with Crippen LogP contribution < -0.4 is 5.32 Å². The Labute approximate surface area is 120 Å². The topological polar surface area (TPSA) is 58.6 Å². The second-order valence-electron chi connectivity index (χ2n) is 4.85. The lowest BCUT2D eigenvalue weighted by Gasteiger charge is -2.38. The lowest BCUT2D eigenvalue weighted by molar-refractivity contribution is 0.0387. The van der Waals surface area contributed by atoms with Crippen LogP contribution in [0, 0.1) is 5.41 Å². The molecule has 100 valence electrons. The highest BCUT2D eigenvalue weighted by molar-refractivity contribution is 9.10. The number of hydrogen-bond donors (Lipinski definition) is 2. The van der Waals surface area contributed by atoms with E-state index in [-0.39, 0.29) is 29.6 Å². The van der Waals surface area contributed by atoms with Gasteiger partial charge in [0.1, 0.15) is 12.4 Å². The molecule has 1 atom stereocenters. The lowest BCUT2D eigenvalue weighted by atomic mass is 9.80. The molecule has 1 heterocycles. The monoisotopic (exact) mass is 335 g/mol. The van der Waals surface area contributed by atoms with Crippen LogP contribution in [-0.4, -0.2) is 17.8 Å². The van der Waals surface area contributed by atoms with Crippen LogP contribution in [0.25, 0.3) is 0 Å². The average Bonchev–Trinajstić information content (AvgIpc) is 2.26. The summed E-state index contributed by atoms with van der Waals surface area (Å²) >= 11 is 3.27. The molecule has 0 aliphatic carbocycles. The Balaban J connectivity index is 0.00000162. The van der Waals surface area contributed by atoms with Crippen LogP contribution in [0.3, 0.4) is 0 Å². The van der Waals surface area contributed by atoms with Crippen molar-refractivity contribution in [1.82, 2.24) is 5.32 Å². The number of benzene rings is 1. The first kappa shape index (κ1) is 15.1. The Morgan fingerprint density at radius 2 is 2.17 bits per heavy atom. The summed E-state index contributed by atoms with van der Waals surface area (Å²) in [6.07, 6.45) is -0.404. The maximum Gasteiger partial charge on any atom is 0.407 e. The van der Waals surface area contributed by atoms with Crippen molar-refractivity contribution in [3.63, 3.8) is 0 Å². The third-order valence-corrected chi connectivity index (χ3v) is 3.56. The fourth-order valence-electron chi connectivity index (χ4n) is 1.93. The van der Waals surface area contributed by atoms with E-state index in [1.54, 1.807) is 12.1 Å². The van der Waals surface area contributed by atoms with Crippen LogP contribution >= 0.6 is 28.3 Å². The smallest absolute Gasteiger partial charge is 0.407 e. The molecule has 0 spiro atoms. The van der Waals surface area contributed by atoms with E-state index in [9.17, 15) is 9.90 Å². The molecule has 0 saturated carbocycles. The molecule has 1 saturated heterocycles. The normalized spacial score (nSPS) is 21.5. The maximum absolute atomic E-state index is 11.3. The van der Waals surface area contributed by atoms with E-state index >= 15 is 0 Å². The van der Waals surface area contributed by atoms with Crippen molar-refractivity contribution in [2.75, 3.05) is 6.61 Å². The first-order valence-corrected chi connectivity index (χ1v) is 6.11. The third kappa shape index (κ3) is 2.90. The van der Waals surface area contributed by atoms with Crippen LogP contribution in [0.5, 0.6) is 5.75 Å². The Bertz CT molecular complexity index is 465. The third-order valence-electron chi connectivity index (χ3n) is 2.92. The van der Waals surface area contributed by atoms with Crippen LogP contribution in [-0.2, 0) is 4.74 Å². The van der Waals surface area contributed by atoms with Gasteiger partial charge in [-0.25, -0.2) is 4.79 Å². The highest BCUT2D eigenvalue weighted by atomic mass is 79.9. The molecule has 1 aliphatic heterocycles. The van der Waals surface area contributed by atoms with Crippen LogP contribution in [0.4, 0.5) is 4.79 Å². The van der Waals surface area contributed by atoms with E-state index in [2.05, 4.69) is 21.2 Å². The summed E-state index contributed by atoms with van der Waals surface area (Å²) in [6.45, 7) is 4.43. The highest BCUT2D eigenvalue weighted by Gasteiger charge is 2.37. The van der Waals surface area contributed by atoms with Gasteiger partial charge < -0.3 is 15.2 Å². The Kier molecular flexibility index (Phi) is 4.50. The number of cyclic esters (lactones) is 1. The summed E-state index contributed by atoms with van der Waals surface area (Å²) in [5, 5.41) is 12.3. The Morgan fingerprint density at radius 3 is 2.78 bits per heavy atom. The fourth-order valence-corrected chi connectivity index (χ4v) is 2.32. The van der Waals surface area contributed by atoms with Crippen molar-refractivity contribution < 1.29 is 14.6 Å². The quantitative estimate of drug-likeness (QED) is 0.826. The summed E-state index contributed by atoms with van der Waals surface area (Å²) in [5.41, 5.74) is 0.751. The SMILES string of the molecule is CC1(C)COC(=O)N[C@@H]1c1ccc(O)c(Br)c1.Cl. The summed E-state index contributed by atoms with van der Waals surface area (Å²) in [5.74, 6) is 0.185. The van der Waals surface area contributed by atoms with Gasteiger partial charge in [-0.05, 0) is 33.6 Å². The van der Waals surface area contributed by atoms with E-state index in [1.807, 2.05) is 19.9 Å². The van der Waals surface area contributed by atoms with E-state index in [0.29, 0.717) is 11.1 Å². The molecule has 1 aromatic rings. The van der Waals surface area contributed by atoms with Gasteiger partial charge in [-0.1, -0.05) is 19.9 Å². The summed E-state index contributed by atoms with van der Waals surface area (Å²) < 4.78 is 5.60. The molecule has 0 bridgehead atoms. The molecule has 1 amide bonds. The summed E-state index contributed by atoms with van der Waals surface area (Å²) in [6, 6.07) is 5.10. The van der Waals surface area contributed by atoms with Gasteiger partial charge in [-0.3, -0.25) is 0 Å². The minimum absolute atomic E-state index is 0. The van der Waals surface area contributed by atoms with Gasteiger partial charge in [0.05, 0.1) is 10.5 Å². The minimum atomic E-state index is -0.404. The molecule has 4 nitrogen and oxygen atoms in total. The van der Waals surface area contributed by atoms with Crippen molar-refractivity contribution in [3.8, 4) is 5.75 Å². The predicted molar refractivity (Wildman–Crippen MR) is 74.1 cm³/mol. The number of aromatic hydroxyl groups is 1. The maximum atomic E-state index is 11.3. The first-order chi connectivity index (χ1) is 7.90. The van der Waals surface area contributed by atoms with Gasteiger partial charge in [-0.15, -0.1) is 12.4 Å². The molecule has 0 unspecified atom stereocenters. The molecular formula is C12H15BrClNO3. The average molecular weight is 337 g/mol. The number of alkyl carbamates (subject to hydrolysis) is 1. The van der Waals surface area contributed by atoms with Crippen LogP contribution in [0.1, 0.15) is 25.5 Å². The number of phenolic OH excluding ortho intramolecular Hbond substituents is 1. The number of rotatable bonds is 1. The summed E-state index contributed by atoms with van der Waals surface area (Å²) in [4.78, 5) is 11.3. The van der Waals surface area contributed by atoms with E-state index in [4.69, 9.17) is 4.74 Å². The second kappa shape index (κ2) is 5.36. The molecule has 2 N–H and O–H groups in total. The molecule has 18 heavy (non-hydrogen) atoms. The molecule has 0 radical (unpaired) electrons. The zero-order chi connectivity index (χ0) is 12.6. The van der Waals surface area contributed by atoms with Gasteiger partial charge in [0.2, 0.25) is 0 Å². The van der Waals surface area contributed by atoms with Gasteiger partial charge in [0, 0.05) is 5.41 Å². The number of amides is 1. The van der Waals surface area contributed by atoms with Crippen molar-refractivity contribution in [1.29, 1.82) is 0 Å². The molecule has 0 aromatic heterocycles. The summed E-state index contributed by atoms with van der Waals surface area (Å²) in [7, 11) is 0. The van der Waals surface area contributed by atoms with Gasteiger partial charge >= 0.3 is 6.09 Å². The molecule has 1 aromatic carbocycles. The fraction of sp³-hybridized carbons (Fsp3) is 0.417. The Hall–Kier alpha value is -0.940. The number of carbonyl (C=O) groups excluding carboxylic acids is 1. The molecule has 2 rings (SSSR count). The van der Waals surface area contributed by atoms with Crippen LogP contribution in [0.2, 0.25) is 0 Å². The number of nitrogens with one attached hydrogen (secondary N) is 1. The first-order valence-electron chi connectivity index (χ1n) is 5.32. The Morgan fingerprint density at radius 1 is 1.50 bits per heavy atom. The lowest BCUT2D eigenvalue weighted by Crippen LogP contribution is -2.46. The zero-order valence-electron chi connectivity index (χ0n) is 10.1. The number of carbonyl (C=O) groups is 1. The number of ether oxygens (including phenoxy) is 1. The van der Waals surface area contributed by atoms with Crippen molar-refractivity contribution in [2.24, 2.45) is 5.41 Å². The van der Waals surface area contributed by atoms with Crippen molar-refractivity contribution >= 4 is 34.4 Å². The van der Waals surface area contributed by atoms with Crippen LogP contribution in [0.15, 0.2) is 22.7 Å². The number of hydrogen-bond acceptors (Lipinski definition) is 3. The molecular weight excluding hydrogens is 321 g/mol.